The summed E-state index contributed by atoms with van der Waals surface area (Å²) in [6, 6.07) is 5.49. The Labute approximate surface area is 169 Å². The Bertz CT molecular complexity index is 914. The van der Waals surface area contributed by atoms with Crippen molar-refractivity contribution in [2.45, 2.75) is 51.4 Å². The minimum Gasteiger partial charge on any atom is -0.342 e. The van der Waals surface area contributed by atoms with Crippen LogP contribution in [0.2, 0.25) is 0 Å². The second-order valence-corrected chi connectivity index (χ2v) is 7.96. The van der Waals surface area contributed by atoms with Crippen LogP contribution in [0, 0.1) is 11.7 Å². The molecule has 2 fully saturated rings. The number of carbonyl (C=O) groups is 2. The third-order valence-electron chi connectivity index (χ3n) is 5.97. The summed E-state index contributed by atoms with van der Waals surface area (Å²) >= 11 is 0. The molecule has 7 nitrogen and oxygen atoms in total. The molecule has 2 amide bonds. The molecule has 154 valence electrons. The molecule has 1 aromatic heterocycles. The van der Waals surface area contributed by atoms with Crippen molar-refractivity contribution in [1.29, 1.82) is 0 Å². The lowest BCUT2D eigenvalue weighted by atomic mass is 9.95. The number of benzene rings is 1. The maximum atomic E-state index is 13.4. The van der Waals surface area contributed by atoms with E-state index in [-0.39, 0.29) is 29.6 Å². The number of fused-ring (bicyclic) bond motifs is 1. The fourth-order valence-electron chi connectivity index (χ4n) is 4.06. The van der Waals surface area contributed by atoms with Gasteiger partial charge in [-0.2, -0.15) is 5.10 Å². The summed E-state index contributed by atoms with van der Waals surface area (Å²) in [7, 11) is 0. The lowest BCUT2D eigenvalue weighted by molar-refractivity contribution is -0.148. The highest BCUT2D eigenvalue weighted by Gasteiger charge is 2.47. The summed E-state index contributed by atoms with van der Waals surface area (Å²) < 4.78 is 15.0. The fraction of sp³-hybridized carbons (Fsp3) is 0.476. The third kappa shape index (κ3) is 3.89. The molecule has 1 aromatic carbocycles. The summed E-state index contributed by atoms with van der Waals surface area (Å²) in [5.74, 6) is -0.225. The quantitative estimate of drug-likeness (QED) is 0.774. The highest BCUT2D eigenvalue weighted by atomic mass is 19.1. The zero-order valence-corrected chi connectivity index (χ0v) is 16.6. The first-order chi connectivity index (χ1) is 14.0. The molecule has 0 bridgehead atoms. The molecule has 8 heteroatoms. The number of amides is 2. The summed E-state index contributed by atoms with van der Waals surface area (Å²) in [4.78, 5) is 27.0. The highest BCUT2D eigenvalue weighted by Crippen LogP contribution is 2.26. The van der Waals surface area contributed by atoms with Crippen molar-refractivity contribution in [3.8, 4) is 5.69 Å². The van der Waals surface area contributed by atoms with Crippen molar-refractivity contribution in [2.24, 2.45) is 5.92 Å². The first-order valence-electron chi connectivity index (χ1n) is 10.1. The van der Waals surface area contributed by atoms with Gasteiger partial charge in [-0.15, -0.1) is 0 Å². The molecule has 4 rings (SSSR count). The standard InChI is InChI=1S/C21H26FN5O2/c1-3-13(2)19-21(29)26-12-16(8-18(26)20(28)25-19)23-9-14-10-24-27(11-14)17-6-4-5-15(22)7-17/h4-7,10-11,13,16,18-19,23H,3,8-9,12H2,1-2H3,(H,25,28)/t13-,16-,18-,19-/m0/s1. The minimum atomic E-state index is -0.424. The van der Waals surface area contributed by atoms with Gasteiger partial charge >= 0.3 is 0 Å². The van der Waals surface area contributed by atoms with Crippen LogP contribution in [-0.2, 0) is 16.1 Å². The highest BCUT2D eigenvalue weighted by molar-refractivity contribution is 5.97. The van der Waals surface area contributed by atoms with Crippen molar-refractivity contribution in [3.63, 3.8) is 0 Å². The van der Waals surface area contributed by atoms with Gasteiger partial charge in [0.1, 0.15) is 17.9 Å². The molecular weight excluding hydrogens is 373 g/mol. The van der Waals surface area contributed by atoms with E-state index >= 15 is 0 Å². The lowest BCUT2D eigenvalue weighted by Crippen LogP contribution is -2.62. The summed E-state index contributed by atoms with van der Waals surface area (Å²) in [5, 5.41) is 10.6. The Morgan fingerprint density at radius 1 is 1.38 bits per heavy atom. The van der Waals surface area contributed by atoms with Crippen LogP contribution in [0.3, 0.4) is 0 Å². The van der Waals surface area contributed by atoms with E-state index in [1.54, 1.807) is 27.9 Å². The maximum Gasteiger partial charge on any atom is 0.246 e. The van der Waals surface area contributed by atoms with E-state index in [2.05, 4.69) is 15.7 Å². The Morgan fingerprint density at radius 2 is 2.21 bits per heavy atom. The van der Waals surface area contributed by atoms with Crippen molar-refractivity contribution in [2.75, 3.05) is 6.54 Å². The third-order valence-corrected chi connectivity index (χ3v) is 5.97. The Hall–Kier alpha value is -2.74. The zero-order chi connectivity index (χ0) is 20.5. The van der Waals surface area contributed by atoms with E-state index in [1.807, 2.05) is 20.0 Å². The number of piperazine rings is 1. The van der Waals surface area contributed by atoms with Crippen LogP contribution in [0.1, 0.15) is 32.3 Å². The molecule has 2 aliphatic heterocycles. The first-order valence-corrected chi connectivity index (χ1v) is 10.1. The van der Waals surface area contributed by atoms with Crippen molar-refractivity contribution in [1.82, 2.24) is 25.3 Å². The summed E-state index contributed by atoms with van der Waals surface area (Å²) in [5.41, 5.74) is 1.61. The van der Waals surface area contributed by atoms with E-state index < -0.39 is 12.1 Å². The second kappa shape index (κ2) is 7.94. The number of aromatic nitrogens is 2. The number of hydrogen-bond acceptors (Lipinski definition) is 4. The van der Waals surface area contributed by atoms with Gasteiger partial charge in [0.25, 0.3) is 0 Å². The van der Waals surface area contributed by atoms with Crippen LogP contribution in [0.4, 0.5) is 4.39 Å². The molecule has 0 aliphatic carbocycles. The first kappa shape index (κ1) is 19.6. The normalized spacial score (nSPS) is 25.1. The van der Waals surface area contributed by atoms with E-state index in [4.69, 9.17) is 0 Å². The van der Waals surface area contributed by atoms with Gasteiger partial charge in [-0.05, 0) is 30.5 Å². The molecule has 3 heterocycles. The van der Waals surface area contributed by atoms with Crippen LogP contribution in [-0.4, -0.2) is 51.2 Å². The average Bonchev–Trinajstić information content (AvgIpc) is 3.36. The predicted octanol–water partition coefficient (Wildman–Crippen LogP) is 1.61. The van der Waals surface area contributed by atoms with Gasteiger partial charge in [-0.3, -0.25) is 9.59 Å². The Morgan fingerprint density at radius 3 is 2.97 bits per heavy atom. The molecule has 0 unspecified atom stereocenters. The van der Waals surface area contributed by atoms with Gasteiger partial charge in [0.05, 0.1) is 11.9 Å². The number of nitrogens with zero attached hydrogens (tertiary/aromatic N) is 3. The fourth-order valence-corrected chi connectivity index (χ4v) is 4.06. The number of carbonyl (C=O) groups excluding carboxylic acids is 2. The average molecular weight is 399 g/mol. The van der Waals surface area contributed by atoms with Crippen molar-refractivity contribution < 1.29 is 14.0 Å². The van der Waals surface area contributed by atoms with Gasteiger partial charge in [0, 0.05) is 30.9 Å². The monoisotopic (exact) mass is 399 g/mol. The van der Waals surface area contributed by atoms with Gasteiger partial charge in [-0.25, -0.2) is 9.07 Å². The van der Waals surface area contributed by atoms with Gasteiger partial charge in [0.2, 0.25) is 11.8 Å². The largest absolute Gasteiger partial charge is 0.342 e. The van der Waals surface area contributed by atoms with E-state index in [1.165, 1.54) is 12.1 Å². The maximum absolute atomic E-state index is 13.4. The summed E-state index contributed by atoms with van der Waals surface area (Å²) in [6.45, 7) is 5.10. The molecule has 4 atom stereocenters. The molecule has 0 spiro atoms. The Balaban J connectivity index is 1.37. The van der Waals surface area contributed by atoms with Crippen molar-refractivity contribution >= 4 is 11.8 Å². The Kier molecular flexibility index (Phi) is 5.36. The molecule has 29 heavy (non-hydrogen) atoms. The van der Waals surface area contributed by atoms with Gasteiger partial charge in [-0.1, -0.05) is 26.3 Å². The summed E-state index contributed by atoms with van der Waals surface area (Å²) in [6.07, 6.45) is 5.02. The topological polar surface area (TPSA) is 79.3 Å². The minimum absolute atomic E-state index is 0.0205. The van der Waals surface area contributed by atoms with E-state index in [0.29, 0.717) is 25.2 Å². The molecule has 2 aromatic rings. The van der Waals surface area contributed by atoms with Crippen LogP contribution >= 0.6 is 0 Å². The predicted molar refractivity (Wildman–Crippen MR) is 106 cm³/mol. The number of halogens is 1. The lowest BCUT2D eigenvalue weighted by Gasteiger charge is -2.36. The molecule has 2 N–H and O–H groups in total. The van der Waals surface area contributed by atoms with E-state index in [0.717, 1.165) is 12.0 Å². The van der Waals surface area contributed by atoms with Gasteiger partial charge in [0.15, 0.2) is 0 Å². The molecule has 0 radical (unpaired) electrons. The zero-order valence-electron chi connectivity index (χ0n) is 16.6. The number of rotatable bonds is 6. The van der Waals surface area contributed by atoms with Crippen LogP contribution in [0.15, 0.2) is 36.7 Å². The SMILES string of the molecule is CC[C@H](C)[C@@H]1NC(=O)[C@@H]2C[C@H](NCc3cnn(-c4cccc(F)c4)c3)CN2C1=O. The molecule has 0 saturated carbocycles. The van der Waals surface area contributed by atoms with Crippen LogP contribution in [0.5, 0.6) is 0 Å². The second-order valence-electron chi connectivity index (χ2n) is 7.96. The number of hydrogen-bond donors (Lipinski definition) is 2. The molecular formula is C21H26FN5O2. The molecule has 2 aliphatic rings. The van der Waals surface area contributed by atoms with Crippen molar-refractivity contribution in [3.05, 3.63) is 48.0 Å². The van der Waals surface area contributed by atoms with E-state index in [9.17, 15) is 14.0 Å². The van der Waals surface area contributed by atoms with Crippen LogP contribution < -0.4 is 10.6 Å². The number of nitrogens with one attached hydrogen (secondary N) is 2. The smallest absolute Gasteiger partial charge is 0.246 e. The van der Waals surface area contributed by atoms with Gasteiger partial charge < -0.3 is 15.5 Å². The molecule has 2 saturated heterocycles. The van der Waals surface area contributed by atoms with Crippen LogP contribution in [0.25, 0.3) is 5.69 Å².